The zero-order chi connectivity index (χ0) is 17.2. The van der Waals surface area contributed by atoms with Crippen LogP contribution in [0.25, 0.3) is 5.70 Å². The van der Waals surface area contributed by atoms with Crippen LogP contribution >= 0.6 is 0 Å². The molecule has 1 aliphatic rings. The Morgan fingerprint density at radius 1 is 1.21 bits per heavy atom. The molecule has 4 heteroatoms. The number of ketones is 1. The van der Waals surface area contributed by atoms with Gasteiger partial charge in [-0.25, -0.2) is 0 Å². The smallest absolute Gasteiger partial charge is 0.187 e. The Morgan fingerprint density at radius 2 is 1.96 bits per heavy atom. The number of hydrogen-bond donors (Lipinski definition) is 2. The van der Waals surface area contributed by atoms with Crippen LogP contribution < -0.4 is 5.32 Å². The highest BCUT2D eigenvalue weighted by atomic mass is 16.4. The van der Waals surface area contributed by atoms with Crippen LogP contribution in [0.1, 0.15) is 40.9 Å². The summed E-state index contributed by atoms with van der Waals surface area (Å²) in [5, 5.41) is 15.3. The normalized spacial score (nSPS) is 17.5. The molecule has 0 aliphatic carbocycles. The highest BCUT2D eigenvalue weighted by Gasteiger charge is 2.28. The van der Waals surface area contributed by atoms with E-state index in [9.17, 15) is 4.79 Å². The van der Waals surface area contributed by atoms with E-state index in [4.69, 9.17) is 5.21 Å². The second-order valence-electron chi connectivity index (χ2n) is 6.64. The van der Waals surface area contributed by atoms with E-state index in [1.165, 1.54) is 11.8 Å². The monoisotopic (exact) mass is 320 g/mol. The quantitative estimate of drug-likeness (QED) is 0.298. The van der Waals surface area contributed by atoms with Gasteiger partial charge in [0, 0.05) is 28.4 Å². The van der Waals surface area contributed by atoms with Gasteiger partial charge in [0.05, 0.1) is 6.21 Å². The highest BCUT2D eigenvalue weighted by molar-refractivity contribution is 6.08. The molecule has 2 N–H and O–H groups in total. The molecule has 0 aromatic heterocycles. The number of oxime groups is 1. The lowest BCUT2D eigenvalue weighted by Gasteiger charge is -2.35. The van der Waals surface area contributed by atoms with Crippen LogP contribution in [0.15, 0.2) is 59.8 Å². The maximum Gasteiger partial charge on any atom is 0.187 e. The molecule has 1 heterocycles. The number of nitrogens with one attached hydrogen (secondary N) is 1. The van der Waals surface area contributed by atoms with Crippen LogP contribution in [0.2, 0.25) is 0 Å². The van der Waals surface area contributed by atoms with Crippen LogP contribution in [0, 0.1) is 0 Å². The molecule has 0 spiro atoms. The summed E-state index contributed by atoms with van der Waals surface area (Å²) < 4.78 is 0. The van der Waals surface area contributed by atoms with Gasteiger partial charge in [0.1, 0.15) is 0 Å². The minimum Gasteiger partial charge on any atom is -0.411 e. The Balaban J connectivity index is 2.06. The molecule has 0 unspecified atom stereocenters. The van der Waals surface area contributed by atoms with Crippen molar-refractivity contribution in [1.82, 2.24) is 5.32 Å². The molecular formula is C20H20N2O2. The second-order valence-corrected chi connectivity index (χ2v) is 6.64. The molecule has 2 aromatic carbocycles. The van der Waals surface area contributed by atoms with E-state index in [1.54, 1.807) is 6.08 Å². The van der Waals surface area contributed by atoms with Gasteiger partial charge in [0.25, 0.3) is 0 Å². The molecule has 24 heavy (non-hydrogen) atoms. The first-order valence-electron chi connectivity index (χ1n) is 7.88. The van der Waals surface area contributed by atoms with Gasteiger partial charge in [0.2, 0.25) is 0 Å². The van der Waals surface area contributed by atoms with Gasteiger partial charge in [-0.1, -0.05) is 47.6 Å². The lowest BCUT2D eigenvalue weighted by atomic mass is 9.84. The van der Waals surface area contributed by atoms with E-state index in [1.807, 2.05) is 48.5 Å². The molecule has 1 aliphatic heterocycles. The van der Waals surface area contributed by atoms with Crippen molar-refractivity contribution in [2.75, 3.05) is 0 Å². The third-order valence-electron chi connectivity index (χ3n) is 4.07. The van der Waals surface area contributed by atoms with Crippen LogP contribution in [0.3, 0.4) is 0 Å². The standard InChI is InChI=1S/C20H20N2O2/c1-20(2)12-16-9-8-14(13-21-24)10-17(16)18(22-20)11-19(23)15-6-4-3-5-7-15/h3-11,13,22,24H,12H2,1-2H3/b18-11-,21-13+. The van der Waals surface area contributed by atoms with Crippen LogP contribution in [0.4, 0.5) is 0 Å². The molecule has 0 atom stereocenters. The number of nitrogens with zero attached hydrogens (tertiary/aromatic N) is 1. The molecular weight excluding hydrogens is 300 g/mol. The molecule has 0 radical (unpaired) electrons. The Bertz CT molecular complexity index is 821. The number of rotatable bonds is 3. The van der Waals surface area contributed by atoms with Gasteiger partial charge >= 0.3 is 0 Å². The minimum atomic E-state index is -0.137. The number of fused-ring (bicyclic) bond motifs is 1. The third-order valence-corrected chi connectivity index (χ3v) is 4.07. The fourth-order valence-corrected chi connectivity index (χ4v) is 3.03. The van der Waals surface area contributed by atoms with Gasteiger partial charge in [-0.05, 0) is 37.5 Å². The second kappa shape index (κ2) is 6.32. The highest BCUT2D eigenvalue weighted by Crippen LogP contribution is 2.30. The average molecular weight is 320 g/mol. The molecule has 4 nitrogen and oxygen atoms in total. The number of carbonyl (C=O) groups excluding carboxylic acids is 1. The third kappa shape index (κ3) is 3.38. The predicted octanol–water partition coefficient (Wildman–Crippen LogP) is 3.64. The maximum absolute atomic E-state index is 12.6. The van der Waals surface area contributed by atoms with Crippen molar-refractivity contribution in [2.45, 2.75) is 25.8 Å². The Labute approximate surface area is 141 Å². The van der Waals surface area contributed by atoms with Crippen LogP contribution in [-0.2, 0) is 6.42 Å². The number of hydrogen-bond acceptors (Lipinski definition) is 4. The molecule has 0 saturated heterocycles. The first kappa shape index (κ1) is 16.0. The van der Waals surface area contributed by atoms with E-state index in [2.05, 4.69) is 24.3 Å². The van der Waals surface area contributed by atoms with E-state index < -0.39 is 0 Å². The van der Waals surface area contributed by atoms with Crippen molar-refractivity contribution < 1.29 is 10.0 Å². The molecule has 0 saturated carbocycles. The lowest BCUT2D eigenvalue weighted by molar-refractivity contribution is 0.104. The zero-order valence-corrected chi connectivity index (χ0v) is 13.8. The van der Waals surface area contributed by atoms with E-state index in [-0.39, 0.29) is 11.3 Å². The van der Waals surface area contributed by atoms with Gasteiger partial charge < -0.3 is 10.5 Å². The summed E-state index contributed by atoms with van der Waals surface area (Å²) in [6.07, 6.45) is 3.89. The SMILES string of the molecule is CC1(C)Cc2ccc(/C=N/O)cc2/C(=C/C(=O)c2ccccc2)N1. The Morgan fingerprint density at radius 3 is 2.67 bits per heavy atom. The summed E-state index contributed by atoms with van der Waals surface area (Å²) in [6.45, 7) is 4.22. The Hall–Kier alpha value is -2.88. The van der Waals surface area contributed by atoms with Crippen molar-refractivity contribution in [3.63, 3.8) is 0 Å². The van der Waals surface area contributed by atoms with Gasteiger partial charge in [-0.3, -0.25) is 4.79 Å². The van der Waals surface area contributed by atoms with Crippen molar-refractivity contribution in [3.8, 4) is 0 Å². The zero-order valence-electron chi connectivity index (χ0n) is 13.8. The van der Waals surface area contributed by atoms with E-state index >= 15 is 0 Å². The average Bonchev–Trinajstić information content (AvgIpc) is 2.55. The topological polar surface area (TPSA) is 61.7 Å². The summed E-state index contributed by atoms with van der Waals surface area (Å²) >= 11 is 0. The fourth-order valence-electron chi connectivity index (χ4n) is 3.03. The summed E-state index contributed by atoms with van der Waals surface area (Å²) in [4.78, 5) is 12.6. The summed E-state index contributed by atoms with van der Waals surface area (Å²) in [5.41, 5.74) is 4.24. The van der Waals surface area contributed by atoms with Crippen LogP contribution in [-0.4, -0.2) is 22.7 Å². The summed E-state index contributed by atoms with van der Waals surface area (Å²) in [7, 11) is 0. The number of carbonyl (C=O) groups is 1. The largest absolute Gasteiger partial charge is 0.411 e. The van der Waals surface area contributed by atoms with Gasteiger partial charge in [0.15, 0.2) is 5.78 Å². The molecule has 2 aromatic rings. The Kier molecular flexibility index (Phi) is 4.21. The van der Waals surface area contributed by atoms with E-state index in [0.717, 1.165) is 23.2 Å². The minimum absolute atomic E-state index is 0.0389. The molecule has 0 amide bonds. The predicted molar refractivity (Wildman–Crippen MR) is 95.5 cm³/mol. The summed E-state index contributed by atoms with van der Waals surface area (Å²) in [6, 6.07) is 15.1. The van der Waals surface area contributed by atoms with E-state index in [0.29, 0.717) is 5.56 Å². The lowest BCUT2D eigenvalue weighted by Crippen LogP contribution is -2.43. The molecule has 3 rings (SSSR count). The first-order chi connectivity index (χ1) is 11.5. The maximum atomic E-state index is 12.6. The van der Waals surface area contributed by atoms with Crippen molar-refractivity contribution >= 4 is 17.7 Å². The van der Waals surface area contributed by atoms with Crippen molar-refractivity contribution in [2.24, 2.45) is 5.16 Å². The first-order valence-corrected chi connectivity index (χ1v) is 7.88. The van der Waals surface area contributed by atoms with Gasteiger partial charge in [-0.2, -0.15) is 0 Å². The fraction of sp³-hybridized carbons (Fsp3) is 0.200. The van der Waals surface area contributed by atoms with Gasteiger partial charge in [-0.15, -0.1) is 0 Å². The molecule has 0 bridgehead atoms. The number of benzene rings is 2. The molecule has 122 valence electrons. The van der Waals surface area contributed by atoms with Crippen molar-refractivity contribution in [1.29, 1.82) is 0 Å². The number of allylic oxidation sites excluding steroid dienone is 1. The molecule has 0 fully saturated rings. The van der Waals surface area contributed by atoms with Crippen LogP contribution in [0.5, 0.6) is 0 Å². The van der Waals surface area contributed by atoms with Crippen molar-refractivity contribution in [3.05, 3.63) is 76.9 Å². The summed E-state index contributed by atoms with van der Waals surface area (Å²) in [5.74, 6) is -0.0389.